The van der Waals surface area contributed by atoms with Crippen molar-refractivity contribution in [1.29, 1.82) is 0 Å². The van der Waals surface area contributed by atoms with Crippen LogP contribution in [0.15, 0.2) is 29.6 Å². The summed E-state index contributed by atoms with van der Waals surface area (Å²) in [6.45, 7) is 3.75. The first kappa shape index (κ1) is 16.3. The van der Waals surface area contributed by atoms with Crippen molar-refractivity contribution in [2.45, 2.75) is 26.7 Å². The zero-order chi connectivity index (χ0) is 13.7. The molecule has 0 fully saturated rings. The number of carbonyl (C=O) groups excluding carboxylic acids is 1. The Bertz CT molecular complexity index is 566. The minimum Gasteiger partial charge on any atom is -0.486 e. The molecule has 0 saturated heterocycles. The summed E-state index contributed by atoms with van der Waals surface area (Å²) in [4.78, 5) is 15.4. The fourth-order valence-electron chi connectivity index (χ4n) is 1.73. The standard InChI is InChI=1S/C15H17NO2S.H2O/c1-3-15-16-13(10-19-15)7-12-5-4-6-14(8-12)18-9-11(2)17;/h4-6,8,10H,3,7,9H2,1-2H3;1H2. The van der Waals surface area contributed by atoms with Crippen LogP contribution in [0.1, 0.15) is 30.1 Å². The molecule has 1 aromatic heterocycles. The molecule has 1 aromatic carbocycles. The average molecular weight is 293 g/mol. The van der Waals surface area contributed by atoms with Crippen LogP contribution in [0, 0.1) is 0 Å². The highest BCUT2D eigenvalue weighted by Gasteiger charge is 2.04. The largest absolute Gasteiger partial charge is 0.486 e. The molecule has 2 aromatic rings. The van der Waals surface area contributed by atoms with Crippen LogP contribution in [-0.2, 0) is 17.6 Å². The highest BCUT2D eigenvalue weighted by Crippen LogP contribution is 2.18. The predicted molar refractivity (Wildman–Crippen MR) is 80.5 cm³/mol. The van der Waals surface area contributed by atoms with Gasteiger partial charge in [-0.05, 0) is 31.0 Å². The minimum absolute atomic E-state index is 0. The van der Waals surface area contributed by atoms with Gasteiger partial charge in [-0.2, -0.15) is 0 Å². The summed E-state index contributed by atoms with van der Waals surface area (Å²) in [5.41, 5.74) is 2.24. The molecule has 5 heteroatoms. The van der Waals surface area contributed by atoms with E-state index in [-0.39, 0.29) is 17.9 Å². The van der Waals surface area contributed by atoms with Gasteiger partial charge >= 0.3 is 0 Å². The number of Topliss-reactive ketones (excluding diaryl/α,β-unsaturated/α-hetero) is 1. The number of rotatable bonds is 6. The van der Waals surface area contributed by atoms with Gasteiger partial charge in [0.1, 0.15) is 12.4 Å². The van der Waals surface area contributed by atoms with E-state index in [1.165, 1.54) is 11.9 Å². The number of ether oxygens (including phenoxy) is 1. The fraction of sp³-hybridized carbons (Fsp3) is 0.333. The molecule has 4 nitrogen and oxygen atoms in total. The first-order chi connectivity index (χ1) is 9.17. The molecule has 0 unspecified atom stereocenters. The van der Waals surface area contributed by atoms with E-state index in [9.17, 15) is 4.79 Å². The maximum Gasteiger partial charge on any atom is 0.167 e. The molecule has 0 amide bonds. The maximum atomic E-state index is 10.9. The number of hydrogen-bond acceptors (Lipinski definition) is 4. The molecule has 2 rings (SSSR count). The fourth-order valence-corrected chi connectivity index (χ4v) is 2.48. The quantitative estimate of drug-likeness (QED) is 0.821. The molecule has 0 aliphatic carbocycles. The number of nitrogens with zero attached hydrogens (tertiary/aromatic N) is 1. The lowest BCUT2D eigenvalue weighted by molar-refractivity contribution is -0.118. The maximum absolute atomic E-state index is 10.9. The van der Waals surface area contributed by atoms with Gasteiger partial charge in [0.05, 0.1) is 10.7 Å². The van der Waals surface area contributed by atoms with Crippen molar-refractivity contribution < 1.29 is 15.0 Å². The van der Waals surface area contributed by atoms with Crippen LogP contribution in [0.5, 0.6) is 5.75 Å². The Labute approximate surface area is 122 Å². The van der Waals surface area contributed by atoms with Gasteiger partial charge in [-0.3, -0.25) is 4.79 Å². The summed E-state index contributed by atoms with van der Waals surface area (Å²) in [6, 6.07) is 7.82. The minimum atomic E-state index is 0. The molecular formula is C15H19NO3S. The molecule has 108 valence electrons. The number of carbonyl (C=O) groups is 1. The lowest BCUT2D eigenvalue weighted by Gasteiger charge is -2.05. The molecular weight excluding hydrogens is 274 g/mol. The van der Waals surface area contributed by atoms with Crippen molar-refractivity contribution in [2.24, 2.45) is 0 Å². The highest BCUT2D eigenvalue weighted by atomic mass is 32.1. The Hall–Kier alpha value is -1.72. The Morgan fingerprint density at radius 3 is 2.85 bits per heavy atom. The van der Waals surface area contributed by atoms with Crippen molar-refractivity contribution >= 4 is 17.1 Å². The number of ketones is 1. The molecule has 1 heterocycles. The lowest BCUT2D eigenvalue weighted by atomic mass is 10.1. The van der Waals surface area contributed by atoms with Gasteiger partial charge in [0.25, 0.3) is 0 Å². The molecule has 20 heavy (non-hydrogen) atoms. The number of thiazole rings is 1. The first-order valence-electron chi connectivity index (χ1n) is 6.32. The Morgan fingerprint density at radius 1 is 1.40 bits per heavy atom. The molecule has 0 radical (unpaired) electrons. The number of aromatic nitrogens is 1. The van der Waals surface area contributed by atoms with Crippen molar-refractivity contribution in [2.75, 3.05) is 6.61 Å². The van der Waals surface area contributed by atoms with Crippen molar-refractivity contribution in [3.8, 4) is 5.75 Å². The SMILES string of the molecule is CCc1nc(Cc2cccc(OCC(C)=O)c2)cs1.O. The second-order valence-corrected chi connectivity index (χ2v) is 5.34. The summed E-state index contributed by atoms with van der Waals surface area (Å²) < 4.78 is 5.40. The van der Waals surface area contributed by atoms with E-state index in [2.05, 4.69) is 17.3 Å². The van der Waals surface area contributed by atoms with Gasteiger partial charge in [0, 0.05) is 11.8 Å². The zero-order valence-electron chi connectivity index (χ0n) is 11.7. The van der Waals surface area contributed by atoms with Gasteiger partial charge in [-0.15, -0.1) is 11.3 Å². The second-order valence-electron chi connectivity index (χ2n) is 4.40. The normalized spacial score (nSPS) is 9.90. The van der Waals surface area contributed by atoms with E-state index in [1.807, 2.05) is 24.3 Å². The molecule has 0 atom stereocenters. The van der Waals surface area contributed by atoms with E-state index >= 15 is 0 Å². The Morgan fingerprint density at radius 2 is 2.20 bits per heavy atom. The molecule has 0 saturated carbocycles. The van der Waals surface area contributed by atoms with Crippen LogP contribution in [0.3, 0.4) is 0 Å². The van der Waals surface area contributed by atoms with Crippen LogP contribution >= 0.6 is 11.3 Å². The first-order valence-corrected chi connectivity index (χ1v) is 7.19. The number of aryl methyl sites for hydroxylation is 1. The van der Waals surface area contributed by atoms with E-state index in [4.69, 9.17) is 4.74 Å². The molecule has 0 aliphatic heterocycles. The van der Waals surface area contributed by atoms with Gasteiger partial charge in [-0.1, -0.05) is 19.1 Å². The van der Waals surface area contributed by atoms with Crippen molar-refractivity contribution in [3.05, 3.63) is 45.9 Å². The molecule has 0 aliphatic rings. The third-order valence-corrected chi connectivity index (χ3v) is 3.67. The monoisotopic (exact) mass is 293 g/mol. The smallest absolute Gasteiger partial charge is 0.167 e. The van der Waals surface area contributed by atoms with E-state index < -0.39 is 0 Å². The van der Waals surface area contributed by atoms with E-state index in [1.54, 1.807) is 11.3 Å². The van der Waals surface area contributed by atoms with Crippen LogP contribution in [0.4, 0.5) is 0 Å². The van der Waals surface area contributed by atoms with Crippen LogP contribution in [0.2, 0.25) is 0 Å². The zero-order valence-corrected chi connectivity index (χ0v) is 12.5. The summed E-state index contributed by atoms with van der Waals surface area (Å²) in [6.07, 6.45) is 1.78. The van der Waals surface area contributed by atoms with Gasteiger partial charge in [-0.25, -0.2) is 4.98 Å². The van der Waals surface area contributed by atoms with Crippen LogP contribution in [-0.4, -0.2) is 22.9 Å². The van der Waals surface area contributed by atoms with Gasteiger partial charge in [0.15, 0.2) is 5.78 Å². The summed E-state index contributed by atoms with van der Waals surface area (Å²) >= 11 is 1.70. The summed E-state index contributed by atoms with van der Waals surface area (Å²) in [7, 11) is 0. The third-order valence-electron chi connectivity index (χ3n) is 2.63. The van der Waals surface area contributed by atoms with E-state index in [0.29, 0.717) is 0 Å². The van der Waals surface area contributed by atoms with Crippen molar-refractivity contribution in [1.82, 2.24) is 4.98 Å². The number of benzene rings is 1. The van der Waals surface area contributed by atoms with Crippen LogP contribution in [0.25, 0.3) is 0 Å². The Kier molecular flexibility index (Phi) is 6.35. The molecule has 2 N–H and O–H groups in total. The van der Waals surface area contributed by atoms with Crippen LogP contribution < -0.4 is 4.74 Å². The van der Waals surface area contributed by atoms with Crippen molar-refractivity contribution in [3.63, 3.8) is 0 Å². The number of hydrogen-bond donors (Lipinski definition) is 0. The van der Waals surface area contributed by atoms with E-state index in [0.717, 1.165) is 29.8 Å². The van der Waals surface area contributed by atoms with Gasteiger partial charge < -0.3 is 10.2 Å². The molecule has 0 spiro atoms. The predicted octanol–water partition coefficient (Wildman–Crippen LogP) is 2.44. The third kappa shape index (κ3) is 4.75. The molecule has 0 bridgehead atoms. The highest BCUT2D eigenvalue weighted by molar-refractivity contribution is 7.09. The Balaban J connectivity index is 0.00000200. The topological polar surface area (TPSA) is 70.7 Å². The summed E-state index contributed by atoms with van der Waals surface area (Å²) in [5, 5.41) is 3.26. The summed E-state index contributed by atoms with van der Waals surface area (Å²) in [5.74, 6) is 0.760. The second kappa shape index (κ2) is 7.77. The van der Waals surface area contributed by atoms with Gasteiger partial charge in [0.2, 0.25) is 0 Å². The average Bonchev–Trinajstić information content (AvgIpc) is 2.84. The lowest BCUT2D eigenvalue weighted by Crippen LogP contribution is -2.06.